The molecule has 0 radical (unpaired) electrons. The van der Waals surface area contributed by atoms with Crippen LogP contribution < -0.4 is 5.32 Å². The largest absolute Gasteiger partial charge is 0.324 e. The van der Waals surface area contributed by atoms with E-state index in [9.17, 15) is 0 Å². The fourth-order valence-electron chi connectivity index (χ4n) is 1.55. The third-order valence-corrected chi connectivity index (χ3v) is 2.29. The lowest BCUT2D eigenvalue weighted by molar-refractivity contribution is 1.06. The van der Waals surface area contributed by atoms with Crippen LogP contribution in [0.15, 0.2) is 30.3 Å². The average Bonchev–Trinajstić information content (AvgIpc) is 2.20. The number of nitrogens with zero attached hydrogens (tertiary/aromatic N) is 2. The summed E-state index contributed by atoms with van der Waals surface area (Å²) in [6, 6.07) is 10.1. The normalized spacial score (nSPS) is 10.2. The minimum Gasteiger partial charge on any atom is -0.324 e. The SMILES string of the molecule is Cc1ccc(Nc2nc(C)cc(C)n2)cc1.[HH]. The van der Waals surface area contributed by atoms with Gasteiger partial charge in [0.15, 0.2) is 0 Å². The molecule has 0 unspecified atom stereocenters. The van der Waals surface area contributed by atoms with Gasteiger partial charge in [0.2, 0.25) is 5.95 Å². The molecule has 3 heteroatoms. The van der Waals surface area contributed by atoms with Crippen molar-refractivity contribution in [3.8, 4) is 0 Å². The summed E-state index contributed by atoms with van der Waals surface area (Å²) in [7, 11) is 0. The lowest BCUT2D eigenvalue weighted by atomic mass is 10.2. The van der Waals surface area contributed by atoms with E-state index < -0.39 is 0 Å². The molecule has 0 aliphatic heterocycles. The number of nitrogens with one attached hydrogen (secondary N) is 1. The number of anilines is 2. The Morgan fingerprint density at radius 1 is 0.938 bits per heavy atom. The molecule has 0 aliphatic rings. The highest BCUT2D eigenvalue weighted by Gasteiger charge is 1.99. The van der Waals surface area contributed by atoms with Crippen LogP contribution >= 0.6 is 0 Å². The number of hydrogen-bond acceptors (Lipinski definition) is 3. The summed E-state index contributed by atoms with van der Waals surface area (Å²) in [5.41, 5.74) is 4.20. The lowest BCUT2D eigenvalue weighted by Gasteiger charge is -2.06. The van der Waals surface area contributed by atoms with Gasteiger partial charge in [-0.2, -0.15) is 0 Å². The molecule has 0 fully saturated rings. The molecule has 84 valence electrons. The van der Waals surface area contributed by atoms with Crippen LogP contribution in [-0.4, -0.2) is 9.97 Å². The Bertz CT molecular complexity index is 474. The Kier molecular flexibility index (Phi) is 2.86. The molecule has 1 heterocycles. The molecular formula is C13H17N3. The molecule has 0 aliphatic carbocycles. The number of benzene rings is 1. The second-order valence-corrected chi connectivity index (χ2v) is 3.97. The van der Waals surface area contributed by atoms with E-state index in [1.165, 1.54) is 5.56 Å². The minimum absolute atomic E-state index is 0. The van der Waals surface area contributed by atoms with E-state index in [-0.39, 0.29) is 1.43 Å². The zero-order valence-electron chi connectivity index (χ0n) is 9.78. The Labute approximate surface area is 97.1 Å². The molecule has 1 aromatic carbocycles. The molecule has 0 bridgehead atoms. The summed E-state index contributed by atoms with van der Waals surface area (Å²) in [4.78, 5) is 8.66. The highest BCUT2D eigenvalue weighted by atomic mass is 15.1. The maximum absolute atomic E-state index is 4.33. The highest BCUT2D eigenvalue weighted by Crippen LogP contribution is 2.14. The number of hydrogen-bond donors (Lipinski definition) is 1. The van der Waals surface area contributed by atoms with E-state index in [0.29, 0.717) is 5.95 Å². The smallest absolute Gasteiger partial charge is 0.227 e. The van der Waals surface area contributed by atoms with Crippen LogP contribution in [0.2, 0.25) is 0 Å². The van der Waals surface area contributed by atoms with Crippen LogP contribution in [0.25, 0.3) is 0 Å². The van der Waals surface area contributed by atoms with Gasteiger partial charge in [-0.3, -0.25) is 0 Å². The molecular weight excluding hydrogens is 198 g/mol. The van der Waals surface area contributed by atoms with Crippen LogP contribution in [0.5, 0.6) is 0 Å². The molecule has 0 atom stereocenters. The van der Waals surface area contributed by atoms with Crippen molar-refractivity contribution in [2.75, 3.05) is 5.32 Å². The highest BCUT2D eigenvalue weighted by molar-refractivity contribution is 5.53. The van der Waals surface area contributed by atoms with Gasteiger partial charge in [-0.05, 0) is 39.0 Å². The summed E-state index contributed by atoms with van der Waals surface area (Å²) < 4.78 is 0. The molecule has 2 aromatic rings. The number of rotatable bonds is 2. The van der Waals surface area contributed by atoms with Gasteiger partial charge in [-0.25, -0.2) is 9.97 Å². The number of aryl methyl sites for hydroxylation is 3. The van der Waals surface area contributed by atoms with Gasteiger partial charge in [0, 0.05) is 18.5 Å². The Morgan fingerprint density at radius 3 is 2.06 bits per heavy atom. The summed E-state index contributed by atoms with van der Waals surface area (Å²) in [5.74, 6) is 0.654. The fraction of sp³-hybridized carbons (Fsp3) is 0.231. The molecule has 1 N–H and O–H groups in total. The molecule has 1 aromatic heterocycles. The van der Waals surface area contributed by atoms with Gasteiger partial charge in [-0.1, -0.05) is 17.7 Å². The Morgan fingerprint density at radius 2 is 1.50 bits per heavy atom. The minimum atomic E-state index is 0. The zero-order chi connectivity index (χ0) is 11.5. The van der Waals surface area contributed by atoms with Crippen molar-refractivity contribution >= 4 is 11.6 Å². The zero-order valence-corrected chi connectivity index (χ0v) is 9.78. The molecule has 3 nitrogen and oxygen atoms in total. The maximum Gasteiger partial charge on any atom is 0.227 e. The van der Waals surface area contributed by atoms with Crippen molar-refractivity contribution in [1.29, 1.82) is 0 Å². The van der Waals surface area contributed by atoms with Crippen molar-refractivity contribution in [2.24, 2.45) is 0 Å². The predicted molar refractivity (Wildman–Crippen MR) is 68.1 cm³/mol. The van der Waals surface area contributed by atoms with Gasteiger partial charge in [0.25, 0.3) is 0 Å². The standard InChI is InChI=1S/C13H15N3.H2/c1-9-4-6-12(7-5-9)16-13-14-10(2)8-11(3)15-13;/h4-8H,1-3H3,(H,14,15,16);1H. The first kappa shape index (κ1) is 10.6. The van der Waals surface area contributed by atoms with Crippen LogP contribution in [0, 0.1) is 20.8 Å². The van der Waals surface area contributed by atoms with Crippen molar-refractivity contribution < 1.29 is 1.43 Å². The van der Waals surface area contributed by atoms with Crippen molar-refractivity contribution in [1.82, 2.24) is 9.97 Å². The summed E-state index contributed by atoms with van der Waals surface area (Å²) >= 11 is 0. The molecule has 0 spiro atoms. The van der Waals surface area contributed by atoms with E-state index >= 15 is 0 Å². The van der Waals surface area contributed by atoms with Crippen LogP contribution in [0.3, 0.4) is 0 Å². The molecule has 0 saturated carbocycles. The monoisotopic (exact) mass is 215 g/mol. The quantitative estimate of drug-likeness (QED) is 0.834. The maximum atomic E-state index is 4.33. The van der Waals surface area contributed by atoms with Crippen molar-refractivity contribution in [3.63, 3.8) is 0 Å². The first-order chi connectivity index (χ1) is 7.63. The first-order valence-electron chi connectivity index (χ1n) is 5.29. The van der Waals surface area contributed by atoms with Crippen molar-refractivity contribution in [3.05, 3.63) is 47.3 Å². The van der Waals surface area contributed by atoms with E-state index in [0.717, 1.165) is 17.1 Å². The third kappa shape index (κ3) is 2.57. The summed E-state index contributed by atoms with van der Waals surface area (Å²) in [5, 5.41) is 3.19. The van der Waals surface area contributed by atoms with Crippen LogP contribution in [0.4, 0.5) is 11.6 Å². The number of aromatic nitrogens is 2. The third-order valence-electron chi connectivity index (χ3n) is 2.29. The van der Waals surface area contributed by atoms with Gasteiger partial charge in [0.05, 0.1) is 0 Å². The predicted octanol–water partition coefficient (Wildman–Crippen LogP) is 3.39. The second-order valence-electron chi connectivity index (χ2n) is 3.97. The molecule has 0 saturated heterocycles. The fourth-order valence-corrected chi connectivity index (χ4v) is 1.55. The second kappa shape index (κ2) is 4.31. The van der Waals surface area contributed by atoms with E-state index in [1.54, 1.807) is 0 Å². The van der Waals surface area contributed by atoms with Crippen molar-refractivity contribution in [2.45, 2.75) is 20.8 Å². The molecule has 16 heavy (non-hydrogen) atoms. The Hall–Kier alpha value is -1.90. The van der Waals surface area contributed by atoms with Gasteiger partial charge >= 0.3 is 0 Å². The topological polar surface area (TPSA) is 37.8 Å². The van der Waals surface area contributed by atoms with Gasteiger partial charge in [0.1, 0.15) is 0 Å². The summed E-state index contributed by atoms with van der Waals surface area (Å²) in [6.07, 6.45) is 0. The molecule has 0 amide bonds. The summed E-state index contributed by atoms with van der Waals surface area (Å²) in [6.45, 7) is 6.00. The first-order valence-corrected chi connectivity index (χ1v) is 5.29. The lowest BCUT2D eigenvalue weighted by Crippen LogP contribution is -1.99. The van der Waals surface area contributed by atoms with E-state index in [1.807, 2.05) is 32.0 Å². The average molecular weight is 215 g/mol. The Balaban J connectivity index is 0.00000144. The van der Waals surface area contributed by atoms with Gasteiger partial charge < -0.3 is 5.32 Å². The van der Waals surface area contributed by atoms with E-state index in [2.05, 4.69) is 34.3 Å². The van der Waals surface area contributed by atoms with E-state index in [4.69, 9.17) is 0 Å². The van der Waals surface area contributed by atoms with Crippen LogP contribution in [0.1, 0.15) is 18.4 Å². The van der Waals surface area contributed by atoms with Gasteiger partial charge in [-0.15, -0.1) is 0 Å². The van der Waals surface area contributed by atoms with Crippen LogP contribution in [-0.2, 0) is 0 Å². The molecule has 2 rings (SSSR count).